The average Bonchev–Trinajstić information content (AvgIpc) is 3.40. The van der Waals surface area contributed by atoms with Crippen LogP contribution < -0.4 is 4.72 Å². The van der Waals surface area contributed by atoms with Crippen LogP contribution in [0.5, 0.6) is 0 Å². The molecule has 148 valence electrons. The fourth-order valence-corrected chi connectivity index (χ4v) is 3.64. The zero-order chi connectivity index (χ0) is 20.3. The lowest BCUT2D eigenvalue weighted by atomic mass is 10.1. The van der Waals surface area contributed by atoms with Gasteiger partial charge in [-0.15, -0.1) is 0 Å². The van der Waals surface area contributed by atoms with Gasteiger partial charge in [-0.1, -0.05) is 22.4 Å². The first-order valence-corrected chi connectivity index (χ1v) is 10.0. The molecule has 0 atom stereocenters. The van der Waals surface area contributed by atoms with Gasteiger partial charge in [0, 0.05) is 18.2 Å². The molecular formula is C19H15FN4O4S. The molecule has 2 aromatic heterocycles. The Balaban J connectivity index is 1.46. The molecule has 0 saturated heterocycles. The third-order valence-corrected chi connectivity index (χ3v) is 5.47. The summed E-state index contributed by atoms with van der Waals surface area (Å²) in [5.74, 6) is 0.863. The van der Waals surface area contributed by atoms with Crippen molar-refractivity contribution in [3.05, 3.63) is 83.8 Å². The van der Waals surface area contributed by atoms with E-state index in [-0.39, 0.29) is 11.4 Å². The summed E-state index contributed by atoms with van der Waals surface area (Å²) in [6.07, 6.45) is 1.88. The highest BCUT2D eigenvalue weighted by atomic mass is 32.2. The predicted octanol–water partition coefficient (Wildman–Crippen LogP) is 2.93. The minimum absolute atomic E-state index is 0.0102. The third kappa shape index (κ3) is 4.55. The van der Waals surface area contributed by atoms with E-state index in [4.69, 9.17) is 9.05 Å². The minimum atomic E-state index is -3.76. The molecule has 0 amide bonds. The van der Waals surface area contributed by atoms with Crippen LogP contribution in [0.2, 0.25) is 0 Å². The molecule has 2 aromatic carbocycles. The van der Waals surface area contributed by atoms with E-state index in [1.54, 1.807) is 30.3 Å². The normalized spacial score (nSPS) is 11.6. The molecule has 0 aliphatic rings. The van der Waals surface area contributed by atoms with Gasteiger partial charge in [-0.3, -0.25) is 0 Å². The SMILES string of the molecule is O=S(=O)(NCc1cccc(-c2nc(Cc3ccno3)no2)c1)c1ccc(F)cc1. The number of hydrogen-bond donors (Lipinski definition) is 1. The maximum Gasteiger partial charge on any atom is 0.257 e. The van der Waals surface area contributed by atoms with Crippen molar-refractivity contribution in [1.29, 1.82) is 0 Å². The van der Waals surface area contributed by atoms with Crippen molar-refractivity contribution in [2.24, 2.45) is 0 Å². The Hall–Kier alpha value is -3.37. The Bertz CT molecular complexity index is 1210. The number of halogens is 1. The number of nitrogens with one attached hydrogen (secondary N) is 1. The van der Waals surface area contributed by atoms with Crippen LogP contribution >= 0.6 is 0 Å². The first-order valence-electron chi connectivity index (χ1n) is 8.56. The van der Waals surface area contributed by atoms with Gasteiger partial charge in [-0.25, -0.2) is 17.5 Å². The van der Waals surface area contributed by atoms with E-state index in [2.05, 4.69) is 20.0 Å². The maximum absolute atomic E-state index is 13.0. The van der Waals surface area contributed by atoms with Crippen LogP contribution in [0.4, 0.5) is 4.39 Å². The maximum atomic E-state index is 13.0. The molecule has 1 N–H and O–H groups in total. The fourth-order valence-electron chi connectivity index (χ4n) is 2.62. The molecule has 0 aliphatic carbocycles. The van der Waals surface area contributed by atoms with Gasteiger partial charge in [-0.2, -0.15) is 4.98 Å². The Kier molecular flexibility index (Phi) is 5.19. The average molecular weight is 414 g/mol. The first-order chi connectivity index (χ1) is 14.0. The molecule has 0 aliphatic heterocycles. The van der Waals surface area contributed by atoms with Crippen molar-refractivity contribution in [2.75, 3.05) is 0 Å². The molecule has 4 aromatic rings. The van der Waals surface area contributed by atoms with Crippen molar-refractivity contribution >= 4 is 10.0 Å². The van der Waals surface area contributed by atoms with E-state index in [1.165, 1.54) is 18.3 Å². The number of aromatic nitrogens is 3. The Morgan fingerprint density at radius 2 is 1.86 bits per heavy atom. The summed E-state index contributed by atoms with van der Waals surface area (Å²) in [5.41, 5.74) is 1.35. The Labute approximate surface area is 165 Å². The number of sulfonamides is 1. The van der Waals surface area contributed by atoms with Crippen molar-refractivity contribution < 1.29 is 21.9 Å². The van der Waals surface area contributed by atoms with E-state index in [1.807, 2.05) is 0 Å². The summed E-state index contributed by atoms with van der Waals surface area (Å²) in [4.78, 5) is 4.31. The summed E-state index contributed by atoms with van der Waals surface area (Å²) in [6, 6.07) is 13.4. The quantitative estimate of drug-likeness (QED) is 0.495. The third-order valence-electron chi connectivity index (χ3n) is 4.06. The van der Waals surface area contributed by atoms with Crippen LogP contribution in [0, 0.1) is 5.82 Å². The van der Waals surface area contributed by atoms with Gasteiger partial charge in [0.25, 0.3) is 5.89 Å². The Morgan fingerprint density at radius 3 is 2.62 bits per heavy atom. The summed E-state index contributed by atoms with van der Waals surface area (Å²) < 4.78 is 50.5. The molecule has 4 rings (SSSR count). The molecule has 2 heterocycles. The summed E-state index contributed by atoms with van der Waals surface area (Å²) in [5, 5.41) is 7.54. The molecule has 0 saturated carbocycles. The van der Waals surface area contributed by atoms with Crippen molar-refractivity contribution in [3.63, 3.8) is 0 Å². The Morgan fingerprint density at radius 1 is 1.03 bits per heavy atom. The van der Waals surface area contributed by atoms with Crippen LogP contribution in [0.3, 0.4) is 0 Å². The fraction of sp³-hybridized carbons (Fsp3) is 0.105. The summed E-state index contributed by atoms with van der Waals surface area (Å²) in [7, 11) is -3.76. The lowest BCUT2D eigenvalue weighted by Gasteiger charge is -2.07. The van der Waals surface area contributed by atoms with Crippen molar-refractivity contribution in [1.82, 2.24) is 20.0 Å². The van der Waals surface area contributed by atoms with Gasteiger partial charge in [0.05, 0.1) is 17.5 Å². The second kappa shape index (κ2) is 7.94. The second-order valence-corrected chi connectivity index (χ2v) is 7.92. The van der Waals surface area contributed by atoms with Gasteiger partial charge in [0.2, 0.25) is 10.0 Å². The first kappa shape index (κ1) is 19.0. The molecule has 10 heteroatoms. The lowest BCUT2D eigenvalue weighted by molar-refractivity contribution is 0.382. The highest BCUT2D eigenvalue weighted by molar-refractivity contribution is 7.89. The van der Waals surface area contributed by atoms with Gasteiger partial charge >= 0.3 is 0 Å². The van der Waals surface area contributed by atoms with Gasteiger partial charge in [-0.05, 0) is 42.0 Å². The van der Waals surface area contributed by atoms with Crippen LogP contribution in [0.25, 0.3) is 11.5 Å². The molecular weight excluding hydrogens is 399 g/mol. The van der Waals surface area contributed by atoms with Crippen LogP contribution in [-0.2, 0) is 23.0 Å². The number of hydrogen-bond acceptors (Lipinski definition) is 7. The van der Waals surface area contributed by atoms with E-state index >= 15 is 0 Å². The van der Waals surface area contributed by atoms with Gasteiger partial charge in [0.1, 0.15) is 11.6 Å². The van der Waals surface area contributed by atoms with Gasteiger partial charge in [0.15, 0.2) is 5.82 Å². The summed E-state index contributed by atoms with van der Waals surface area (Å²) >= 11 is 0. The van der Waals surface area contributed by atoms with Gasteiger partial charge < -0.3 is 9.05 Å². The van der Waals surface area contributed by atoms with E-state index in [0.29, 0.717) is 35.0 Å². The monoisotopic (exact) mass is 414 g/mol. The topological polar surface area (TPSA) is 111 Å². The molecule has 29 heavy (non-hydrogen) atoms. The van der Waals surface area contributed by atoms with E-state index in [9.17, 15) is 12.8 Å². The second-order valence-electron chi connectivity index (χ2n) is 6.15. The number of rotatable bonds is 7. The molecule has 0 radical (unpaired) electrons. The molecule has 0 unspecified atom stereocenters. The van der Waals surface area contributed by atoms with Crippen LogP contribution in [0.1, 0.15) is 17.1 Å². The van der Waals surface area contributed by atoms with E-state index < -0.39 is 15.8 Å². The predicted molar refractivity (Wildman–Crippen MR) is 99.5 cm³/mol. The van der Waals surface area contributed by atoms with Crippen molar-refractivity contribution in [2.45, 2.75) is 17.9 Å². The standard InChI is InChI=1S/C19H15FN4O4S/c20-15-4-6-17(7-5-15)29(25,26)22-12-13-2-1-3-14(10-13)19-23-18(24-28-19)11-16-8-9-21-27-16/h1-10,22H,11-12H2. The minimum Gasteiger partial charge on any atom is -0.361 e. The molecule has 8 nitrogen and oxygen atoms in total. The van der Waals surface area contributed by atoms with E-state index in [0.717, 1.165) is 12.1 Å². The highest BCUT2D eigenvalue weighted by Gasteiger charge is 2.15. The molecule has 0 bridgehead atoms. The smallest absolute Gasteiger partial charge is 0.257 e. The number of benzene rings is 2. The molecule has 0 spiro atoms. The molecule has 0 fully saturated rings. The van der Waals surface area contributed by atoms with Crippen LogP contribution in [0.15, 0.2) is 74.7 Å². The van der Waals surface area contributed by atoms with Crippen molar-refractivity contribution in [3.8, 4) is 11.5 Å². The van der Waals surface area contributed by atoms with Crippen LogP contribution in [-0.4, -0.2) is 23.7 Å². The zero-order valence-electron chi connectivity index (χ0n) is 14.9. The highest BCUT2D eigenvalue weighted by Crippen LogP contribution is 2.20. The lowest BCUT2D eigenvalue weighted by Crippen LogP contribution is -2.23. The number of nitrogens with zero attached hydrogens (tertiary/aromatic N) is 3. The zero-order valence-corrected chi connectivity index (χ0v) is 15.8. The largest absolute Gasteiger partial charge is 0.361 e. The summed E-state index contributed by atoms with van der Waals surface area (Å²) in [6.45, 7) is 0.0482.